The number of anilines is 3. The molecule has 2 heterocycles. The van der Waals surface area contributed by atoms with Crippen molar-refractivity contribution in [2.24, 2.45) is 0 Å². The molecule has 1 saturated heterocycles. The van der Waals surface area contributed by atoms with E-state index in [1.54, 1.807) is 0 Å². The number of nitrogens with zero attached hydrogens (tertiary/aromatic N) is 3. The summed E-state index contributed by atoms with van der Waals surface area (Å²) in [6, 6.07) is 21.4. The minimum atomic E-state index is -0.426. The minimum Gasteiger partial charge on any atom is -0.494 e. The van der Waals surface area contributed by atoms with Crippen LogP contribution in [0.3, 0.4) is 0 Å². The first kappa shape index (κ1) is 39.5. The summed E-state index contributed by atoms with van der Waals surface area (Å²) in [7, 11) is 4.11. The van der Waals surface area contributed by atoms with E-state index < -0.39 is 10.9 Å². The van der Waals surface area contributed by atoms with Gasteiger partial charge in [0.1, 0.15) is 23.7 Å². The molecule has 0 amide bonds. The molecule has 282 valence electrons. The number of rotatable bonds is 21. The first-order valence-electron chi connectivity index (χ1n) is 19.7. The Morgan fingerprint density at radius 1 is 0.736 bits per heavy atom. The highest BCUT2D eigenvalue weighted by molar-refractivity contribution is 5.73. The third kappa shape index (κ3) is 12.2. The van der Waals surface area contributed by atoms with Gasteiger partial charge in [-0.2, -0.15) is 0 Å². The number of aromatic nitrogens is 1. The smallest absolute Gasteiger partial charge is 0.253 e. The average Bonchev–Trinajstić information content (AvgIpc) is 3.16. The van der Waals surface area contributed by atoms with Crippen LogP contribution in [-0.4, -0.2) is 51.8 Å². The van der Waals surface area contributed by atoms with Crippen molar-refractivity contribution < 1.29 is 9.30 Å². The summed E-state index contributed by atoms with van der Waals surface area (Å²) >= 11 is 0. The summed E-state index contributed by atoms with van der Waals surface area (Å²) in [5, 5.41) is 6.39. The van der Waals surface area contributed by atoms with Crippen LogP contribution in [-0.2, 0) is 13.1 Å². The van der Waals surface area contributed by atoms with Crippen LogP contribution >= 0.6 is 0 Å². The number of hydrogen-bond acceptors (Lipinski definition) is 7. The summed E-state index contributed by atoms with van der Waals surface area (Å²) in [6.07, 6.45) is 18.6. The van der Waals surface area contributed by atoms with E-state index in [2.05, 4.69) is 132 Å². The van der Waals surface area contributed by atoms with Crippen LogP contribution in [0.25, 0.3) is 12.2 Å². The van der Waals surface area contributed by atoms with Gasteiger partial charge in [-0.05, 0) is 86.1 Å². The highest BCUT2D eigenvalue weighted by Gasteiger charge is 2.20. The number of allylic oxidation sites excluding steroid dienone is 2. The second-order valence-corrected chi connectivity index (χ2v) is 14.6. The van der Waals surface area contributed by atoms with Gasteiger partial charge in [-0.1, -0.05) is 67.8 Å². The zero-order valence-corrected chi connectivity index (χ0v) is 32.5. The van der Waals surface area contributed by atoms with E-state index in [4.69, 9.17) is 4.74 Å². The molecule has 0 saturated carbocycles. The molecule has 0 radical (unpaired) electrons. The highest BCUT2D eigenvalue weighted by atomic mass is 16.5. The van der Waals surface area contributed by atoms with E-state index >= 15 is 0 Å². The molecule has 8 nitrogen and oxygen atoms in total. The molecular formula is C45H60N5O3+. The Balaban J connectivity index is 0.934. The van der Waals surface area contributed by atoms with Crippen molar-refractivity contribution >= 4 is 29.2 Å². The van der Waals surface area contributed by atoms with Gasteiger partial charge in [-0.3, -0.25) is 14.5 Å². The average molecular weight is 719 g/mol. The third-order valence-corrected chi connectivity index (χ3v) is 10.1. The van der Waals surface area contributed by atoms with E-state index in [1.165, 1.54) is 66.1 Å². The highest BCUT2D eigenvalue weighted by Crippen LogP contribution is 2.19. The molecule has 0 atom stereocenters. The number of likely N-dealkylation sites (tertiary alicyclic amines) is 1. The molecule has 0 bridgehead atoms. The maximum Gasteiger partial charge on any atom is 0.253 e. The van der Waals surface area contributed by atoms with Crippen LogP contribution in [0.1, 0.15) is 85.9 Å². The van der Waals surface area contributed by atoms with E-state index in [9.17, 15) is 9.59 Å². The number of nitrogens with one attached hydrogen (secondary N) is 2. The fourth-order valence-corrected chi connectivity index (χ4v) is 7.08. The number of aryl methyl sites for hydroxylation is 2. The van der Waals surface area contributed by atoms with Crippen LogP contribution in [0.5, 0.6) is 5.75 Å². The lowest BCUT2D eigenvalue weighted by atomic mass is 10.1. The van der Waals surface area contributed by atoms with Crippen molar-refractivity contribution in [1.29, 1.82) is 0 Å². The lowest BCUT2D eigenvalue weighted by molar-refractivity contribution is -0.709. The predicted octanol–water partition coefficient (Wildman–Crippen LogP) is 7.91. The number of piperidine rings is 1. The third-order valence-electron chi connectivity index (χ3n) is 10.1. The van der Waals surface area contributed by atoms with Gasteiger partial charge >= 0.3 is 0 Å². The van der Waals surface area contributed by atoms with E-state index in [0.717, 1.165) is 57.4 Å². The van der Waals surface area contributed by atoms with Crippen molar-refractivity contribution in [2.45, 2.75) is 84.7 Å². The summed E-state index contributed by atoms with van der Waals surface area (Å²) in [4.78, 5) is 29.1. The quantitative estimate of drug-likeness (QED) is 0.0393. The molecule has 3 aromatic carbocycles. The van der Waals surface area contributed by atoms with Gasteiger partial charge in [-0.15, -0.1) is 0 Å². The molecule has 1 aliphatic heterocycles. The summed E-state index contributed by atoms with van der Waals surface area (Å²) in [5.74, 6) is 0.879. The Morgan fingerprint density at radius 3 is 2.04 bits per heavy atom. The van der Waals surface area contributed by atoms with Crippen molar-refractivity contribution in [2.75, 3.05) is 62.4 Å². The Morgan fingerprint density at radius 2 is 1.36 bits per heavy atom. The standard InChI is InChI=1S/C45H59N5O3/c1-35-31-38(18-10-9-17-37-21-23-40(24-22-37)48(3)4)32-36(2)50(35)29-14-7-5-6-11-25-46-42-43(45(52)44(42)51)47-26-16-30-53-41-20-15-19-39(33-41)34-49-27-12-8-13-28-49/h9-10,15,17-24,31-33H,5-8,11-14,16,25-30,34H2,1-4H3,(H-,46,47,51,52)/p+1. The van der Waals surface area contributed by atoms with Gasteiger partial charge in [0.15, 0.2) is 11.4 Å². The molecule has 1 fully saturated rings. The maximum atomic E-state index is 12.2. The number of ether oxygens (including phenoxy) is 1. The molecule has 0 unspecified atom stereocenters. The minimum absolute atomic E-state index is 0.416. The Kier molecular flexibility index (Phi) is 15.3. The first-order chi connectivity index (χ1) is 25.8. The van der Waals surface area contributed by atoms with Crippen LogP contribution in [0.4, 0.5) is 17.1 Å². The molecule has 5 rings (SSSR count). The van der Waals surface area contributed by atoms with Gasteiger partial charge in [-0.25, -0.2) is 4.57 Å². The van der Waals surface area contributed by atoms with E-state index in [-0.39, 0.29) is 0 Å². The van der Waals surface area contributed by atoms with Gasteiger partial charge in [0.05, 0.1) is 6.61 Å². The molecule has 53 heavy (non-hydrogen) atoms. The second kappa shape index (κ2) is 20.5. The lowest BCUT2D eigenvalue weighted by Gasteiger charge is -2.26. The Hall–Kier alpha value is -4.69. The van der Waals surface area contributed by atoms with Crippen LogP contribution < -0.4 is 35.7 Å². The predicted molar refractivity (Wildman–Crippen MR) is 222 cm³/mol. The fourth-order valence-electron chi connectivity index (χ4n) is 7.08. The molecule has 8 heteroatoms. The number of pyridine rings is 1. The molecule has 0 spiro atoms. The summed E-state index contributed by atoms with van der Waals surface area (Å²) < 4.78 is 8.40. The zero-order chi connectivity index (χ0) is 37.4. The molecule has 4 aromatic rings. The van der Waals surface area contributed by atoms with Crippen molar-refractivity contribution in [3.05, 3.63) is 121 Å². The number of benzene rings is 2. The SMILES string of the molecule is Cc1cc(/C=C/C=C/c2ccc(N(C)C)cc2)cc(C)[n+]1CCCCCCCNc1c(NCCCOc2cccc(CN3CCCCC3)c2)c(=O)c1=O. The molecule has 1 aromatic heterocycles. The monoisotopic (exact) mass is 718 g/mol. The summed E-state index contributed by atoms with van der Waals surface area (Å²) in [5.41, 5.74) is 7.45. The topological polar surface area (TPSA) is 77.8 Å². The van der Waals surface area contributed by atoms with Crippen LogP contribution in [0.15, 0.2) is 82.4 Å². The Labute approximate surface area is 316 Å². The van der Waals surface area contributed by atoms with Gasteiger partial charge in [0.25, 0.3) is 10.9 Å². The van der Waals surface area contributed by atoms with Crippen LogP contribution in [0, 0.1) is 13.8 Å². The molecule has 0 aliphatic carbocycles. The summed E-state index contributed by atoms with van der Waals surface area (Å²) in [6.45, 7) is 10.5. The first-order valence-corrected chi connectivity index (χ1v) is 19.7. The van der Waals surface area contributed by atoms with Crippen LogP contribution in [0.2, 0.25) is 0 Å². The van der Waals surface area contributed by atoms with Gasteiger partial charge < -0.3 is 20.3 Å². The molecule has 2 N–H and O–H groups in total. The number of unbranched alkanes of at least 4 members (excludes halogenated alkanes) is 4. The van der Waals surface area contributed by atoms with Crippen molar-refractivity contribution in [3.63, 3.8) is 0 Å². The van der Waals surface area contributed by atoms with Crippen molar-refractivity contribution in [1.82, 2.24) is 4.90 Å². The lowest BCUT2D eigenvalue weighted by Crippen LogP contribution is -2.40. The zero-order valence-electron chi connectivity index (χ0n) is 32.5. The fraction of sp³-hybridized carbons (Fsp3) is 0.444. The molecular weight excluding hydrogens is 659 g/mol. The van der Waals surface area contributed by atoms with Crippen molar-refractivity contribution in [3.8, 4) is 5.75 Å². The van der Waals surface area contributed by atoms with E-state index in [0.29, 0.717) is 31.1 Å². The van der Waals surface area contributed by atoms with Gasteiger partial charge in [0, 0.05) is 71.8 Å². The molecule has 1 aliphatic rings. The maximum absolute atomic E-state index is 12.2. The largest absolute Gasteiger partial charge is 0.494 e. The second-order valence-electron chi connectivity index (χ2n) is 14.6. The normalized spacial score (nSPS) is 13.7. The Bertz CT molecular complexity index is 1840. The number of hydrogen-bond donors (Lipinski definition) is 2. The van der Waals surface area contributed by atoms with E-state index in [1.807, 2.05) is 6.07 Å². The van der Waals surface area contributed by atoms with Gasteiger partial charge in [0.2, 0.25) is 0 Å².